The van der Waals surface area contributed by atoms with Crippen LogP contribution in [0.25, 0.3) is 5.76 Å². The number of benzene rings is 2. The van der Waals surface area contributed by atoms with E-state index in [1.54, 1.807) is 30.3 Å². The zero-order valence-corrected chi connectivity index (χ0v) is 16.9. The SMILES string of the molecule is C[NH+](C)CCCN1C(=O)C(=O)C(=C(O)c2ccccc2)[C@H]1c1ccc([N+](=O)[O-])cc1. The Hall–Kier alpha value is -3.52. The fraction of sp³-hybridized carbons (Fsp3) is 0.273. The molecule has 1 saturated heterocycles. The number of nitro benzene ring substituents is 1. The van der Waals surface area contributed by atoms with Crippen LogP contribution < -0.4 is 4.90 Å². The van der Waals surface area contributed by atoms with E-state index in [4.69, 9.17) is 0 Å². The van der Waals surface area contributed by atoms with Gasteiger partial charge in [0.15, 0.2) is 0 Å². The minimum atomic E-state index is -0.803. The number of nitro groups is 1. The first-order chi connectivity index (χ1) is 14.3. The molecule has 1 atom stereocenters. The molecule has 0 aromatic heterocycles. The highest BCUT2D eigenvalue weighted by Gasteiger charge is 2.45. The molecule has 0 spiro atoms. The minimum absolute atomic E-state index is 0.00254. The number of quaternary nitrogens is 1. The Morgan fingerprint density at radius 1 is 1.10 bits per heavy atom. The van der Waals surface area contributed by atoms with Gasteiger partial charge in [0.2, 0.25) is 0 Å². The lowest BCUT2D eigenvalue weighted by atomic mass is 9.95. The number of carbonyl (C=O) groups is 2. The second-order valence-electron chi connectivity index (χ2n) is 7.52. The number of likely N-dealkylation sites (tertiary alicyclic amines) is 1. The summed E-state index contributed by atoms with van der Waals surface area (Å²) >= 11 is 0. The highest BCUT2D eigenvalue weighted by atomic mass is 16.6. The third kappa shape index (κ3) is 4.23. The van der Waals surface area contributed by atoms with Gasteiger partial charge in [-0.2, -0.15) is 0 Å². The third-order valence-electron chi connectivity index (χ3n) is 5.08. The van der Waals surface area contributed by atoms with Gasteiger partial charge in [0.25, 0.3) is 17.4 Å². The number of rotatable bonds is 7. The number of non-ortho nitro benzene ring substituents is 1. The van der Waals surface area contributed by atoms with Crippen LogP contribution in [0, 0.1) is 10.1 Å². The predicted octanol–water partition coefficient (Wildman–Crippen LogP) is 1.55. The molecule has 8 nitrogen and oxygen atoms in total. The van der Waals surface area contributed by atoms with Crippen LogP contribution in [0.2, 0.25) is 0 Å². The van der Waals surface area contributed by atoms with Crippen molar-refractivity contribution in [2.75, 3.05) is 27.2 Å². The van der Waals surface area contributed by atoms with Crippen LogP contribution in [0.5, 0.6) is 0 Å². The molecule has 156 valence electrons. The van der Waals surface area contributed by atoms with Gasteiger partial charge < -0.3 is 14.9 Å². The number of nitrogens with one attached hydrogen (secondary N) is 1. The Labute approximate surface area is 174 Å². The highest BCUT2D eigenvalue weighted by molar-refractivity contribution is 6.46. The van der Waals surface area contributed by atoms with Crippen molar-refractivity contribution < 1.29 is 24.5 Å². The lowest BCUT2D eigenvalue weighted by molar-refractivity contribution is -0.858. The lowest BCUT2D eigenvalue weighted by Crippen LogP contribution is -3.05. The average molecular weight is 410 g/mol. The maximum Gasteiger partial charge on any atom is 0.295 e. The van der Waals surface area contributed by atoms with Gasteiger partial charge >= 0.3 is 0 Å². The molecule has 0 aliphatic carbocycles. The molecule has 1 aliphatic heterocycles. The zero-order chi connectivity index (χ0) is 21.8. The van der Waals surface area contributed by atoms with Gasteiger partial charge in [0.05, 0.1) is 37.2 Å². The molecule has 1 heterocycles. The molecule has 0 radical (unpaired) electrons. The summed E-state index contributed by atoms with van der Waals surface area (Å²) in [5.74, 6) is -1.68. The third-order valence-corrected chi connectivity index (χ3v) is 5.08. The van der Waals surface area contributed by atoms with Crippen molar-refractivity contribution >= 4 is 23.1 Å². The molecular formula is C22H24N3O5+. The fourth-order valence-corrected chi connectivity index (χ4v) is 3.59. The Morgan fingerprint density at radius 3 is 2.30 bits per heavy atom. The quantitative estimate of drug-likeness (QED) is 0.237. The second-order valence-corrected chi connectivity index (χ2v) is 7.52. The van der Waals surface area contributed by atoms with Crippen LogP contribution in [0.15, 0.2) is 60.2 Å². The summed E-state index contributed by atoms with van der Waals surface area (Å²) in [6.45, 7) is 1.14. The van der Waals surface area contributed by atoms with E-state index in [1.165, 1.54) is 34.1 Å². The summed E-state index contributed by atoms with van der Waals surface area (Å²) in [7, 11) is 3.99. The molecule has 2 aromatic carbocycles. The molecule has 30 heavy (non-hydrogen) atoms. The van der Waals surface area contributed by atoms with E-state index in [2.05, 4.69) is 0 Å². The van der Waals surface area contributed by atoms with Crippen molar-refractivity contribution in [2.45, 2.75) is 12.5 Å². The second kappa shape index (κ2) is 8.87. The van der Waals surface area contributed by atoms with Crippen molar-refractivity contribution in [3.63, 3.8) is 0 Å². The van der Waals surface area contributed by atoms with E-state index in [0.717, 1.165) is 6.54 Å². The number of aliphatic hydroxyl groups is 1. The zero-order valence-electron chi connectivity index (χ0n) is 16.9. The summed E-state index contributed by atoms with van der Waals surface area (Å²) in [6.07, 6.45) is 0.671. The Kier molecular flexibility index (Phi) is 6.27. The van der Waals surface area contributed by atoms with Gasteiger partial charge in [-0.1, -0.05) is 30.3 Å². The van der Waals surface area contributed by atoms with Gasteiger partial charge in [-0.25, -0.2) is 0 Å². The Balaban J connectivity index is 2.08. The molecule has 2 N–H and O–H groups in total. The number of carbonyl (C=O) groups excluding carboxylic acids is 2. The molecule has 3 rings (SSSR count). The maximum absolute atomic E-state index is 12.9. The first kappa shape index (κ1) is 21.2. The Morgan fingerprint density at radius 2 is 1.73 bits per heavy atom. The van der Waals surface area contributed by atoms with Crippen molar-refractivity contribution in [1.82, 2.24) is 4.90 Å². The van der Waals surface area contributed by atoms with Crippen molar-refractivity contribution in [1.29, 1.82) is 0 Å². The van der Waals surface area contributed by atoms with Gasteiger partial charge in [-0.05, 0) is 17.7 Å². The predicted molar refractivity (Wildman–Crippen MR) is 111 cm³/mol. The number of nitrogens with zero attached hydrogens (tertiary/aromatic N) is 2. The van der Waals surface area contributed by atoms with E-state index >= 15 is 0 Å². The molecular weight excluding hydrogens is 386 g/mol. The largest absolute Gasteiger partial charge is 0.507 e. The standard InChI is InChI=1S/C22H23N3O5/c1-23(2)13-6-14-24-19(15-9-11-17(12-10-15)25(29)30)18(21(27)22(24)28)20(26)16-7-4-3-5-8-16/h3-5,7-12,19,26H,6,13-14H2,1-2H3/p+1/t19-/m1/s1. The number of hydrogen-bond donors (Lipinski definition) is 2. The fourth-order valence-electron chi connectivity index (χ4n) is 3.59. The summed E-state index contributed by atoms with van der Waals surface area (Å²) in [6, 6.07) is 13.5. The molecule has 0 unspecified atom stereocenters. The first-order valence-corrected chi connectivity index (χ1v) is 9.68. The number of amides is 1. The van der Waals surface area contributed by atoms with Crippen LogP contribution in [0.4, 0.5) is 5.69 Å². The van der Waals surface area contributed by atoms with Gasteiger partial charge in [-0.15, -0.1) is 0 Å². The number of Topliss-reactive ketones (excluding diaryl/α,β-unsaturated/α-hetero) is 1. The van der Waals surface area contributed by atoms with Crippen LogP contribution in [-0.2, 0) is 9.59 Å². The van der Waals surface area contributed by atoms with Crippen LogP contribution in [-0.4, -0.2) is 53.8 Å². The first-order valence-electron chi connectivity index (χ1n) is 9.68. The van der Waals surface area contributed by atoms with Crippen molar-refractivity contribution in [2.24, 2.45) is 0 Å². The molecule has 0 bridgehead atoms. The van der Waals surface area contributed by atoms with E-state index in [9.17, 15) is 24.8 Å². The van der Waals surface area contributed by atoms with Gasteiger partial charge in [-0.3, -0.25) is 19.7 Å². The highest BCUT2D eigenvalue weighted by Crippen LogP contribution is 2.39. The van der Waals surface area contributed by atoms with Gasteiger partial charge in [0, 0.05) is 30.7 Å². The maximum atomic E-state index is 12.9. The van der Waals surface area contributed by atoms with Crippen molar-refractivity contribution in [3.8, 4) is 0 Å². The Bertz CT molecular complexity index is 984. The normalized spacial score (nSPS) is 18.2. The molecule has 1 amide bonds. The summed E-state index contributed by atoms with van der Waals surface area (Å²) in [4.78, 5) is 38.8. The van der Waals surface area contributed by atoms with E-state index in [0.29, 0.717) is 24.1 Å². The van der Waals surface area contributed by atoms with E-state index < -0.39 is 22.7 Å². The number of hydrogen-bond acceptors (Lipinski definition) is 5. The molecule has 2 aromatic rings. The summed E-state index contributed by atoms with van der Waals surface area (Å²) in [5.41, 5.74) is 0.877. The summed E-state index contributed by atoms with van der Waals surface area (Å²) in [5, 5.41) is 21.9. The van der Waals surface area contributed by atoms with E-state index in [-0.39, 0.29) is 17.0 Å². The molecule has 8 heteroatoms. The van der Waals surface area contributed by atoms with E-state index in [1.807, 2.05) is 14.1 Å². The van der Waals surface area contributed by atoms with Gasteiger partial charge in [0.1, 0.15) is 5.76 Å². The van der Waals surface area contributed by atoms with Crippen LogP contribution in [0.3, 0.4) is 0 Å². The molecule has 1 fully saturated rings. The van der Waals surface area contributed by atoms with Crippen LogP contribution >= 0.6 is 0 Å². The number of ketones is 1. The minimum Gasteiger partial charge on any atom is -0.507 e. The average Bonchev–Trinajstić information content (AvgIpc) is 2.98. The topological polar surface area (TPSA) is 105 Å². The molecule has 1 aliphatic rings. The number of aliphatic hydroxyl groups excluding tert-OH is 1. The smallest absolute Gasteiger partial charge is 0.295 e. The monoisotopic (exact) mass is 410 g/mol. The van der Waals surface area contributed by atoms with Crippen LogP contribution in [0.1, 0.15) is 23.6 Å². The molecule has 0 saturated carbocycles. The lowest BCUT2D eigenvalue weighted by Gasteiger charge is -2.25. The summed E-state index contributed by atoms with van der Waals surface area (Å²) < 4.78 is 0. The van der Waals surface area contributed by atoms with Crippen molar-refractivity contribution in [3.05, 3.63) is 81.4 Å².